The molecule has 1 saturated carbocycles. The standard InChI is InChI=1S/C18H21N3O3/c1-12(2)18(10-9-13(3)11-15(18)22)21-17(24)20(16(23)19-21)14-7-5-4-6-8-14/h4-8,13H,1,9-11H2,2-3H3,(H,19,23)/t13-,18?/m1/s1. The predicted octanol–water partition coefficient (Wildman–Crippen LogP) is 1.99. The van der Waals surface area contributed by atoms with Crippen molar-refractivity contribution in [2.75, 3.05) is 0 Å². The number of Topliss-reactive ketones (excluding diaryl/α,β-unsaturated/α-hetero) is 1. The minimum atomic E-state index is -1.16. The zero-order chi connectivity index (χ0) is 17.5. The maximum absolute atomic E-state index is 12.9. The lowest BCUT2D eigenvalue weighted by Gasteiger charge is -2.38. The second-order valence-electron chi connectivity index (χ2n) is 6.62. The van der Waals surface area contributed by atoms with E-state index in [1.807, 2.05) is 6.92 Å². The Hall–Kier alpha value is -2.63. The lowest BCUT2D eigenvalue weighted by atomic mass is 9.73. The number of hydrogen-bond donors (Lipinski definition) is 1. The van der Waals surface area contributed by atoms with Crippen LogP contribution < -0.4 is 11.4 Å². The monoisotopic (exact) mass is 327 g/mol. The number of benzene rings is 1. The van der Waals surface area contributed by atoms with Crippen molar-refractivity contribution < 1.29 is 4.79 Å². The molecule has 1 aliphatic rings. The van der Waals surface area contributed by atoms with E-state index in [9.17, 15) is 14.4 Å². The highest BCUT2D eigenvalue weighted by Gasteiger charge is 2.46. The molecule has 1 aliphatic carbocycles. The Labute approximate surface area is 139 Å². The van der Waals surface area contributed by atoms with Crippen molar-refractivity contribution >= 4 is 5.78 Å². The quantitative estimate of drug-likeness (QED) is 0.876. The van der Waals surface area contributed by atoms with Gasteiger partial charge in [0, 0.05) is 6.42 Å². The molecule has 1 heterocycles. The highest BCUT2D eigenvalue weighted by atomic mass is 16.2. The zero-order valence-electron chi connectivity index (χ0n) is 13.9. The predicted molar refractivity (Wildman–Crippen MR) is 91.5 cm³/mol. The lowest BCUT2D eigenvalue weighted by molar-refractivity contribution is -0.130. The first-order chi connectivity index (χ1) is 11.4. The van der Waals surface area contributed by atoms with Crippen molar-refractivity contribution in [2.24, 2.45) is 5.92 Å². The van der Waals surface area contributed by atoms with Gasteiger partial charge in [0.05, 0.1) is 5.69 Å². The number of nitrogens with zero attached hydrogens (tertiary/aromatic N) is 2. The van der Waals surface area contributed by atoms with Crippen molar-refractivity contribution in [3.8, 4) is 5.69 Å². The molecule has 1 fully saturated rings. The third-order valence-corrected chi connectivity index (χ3v) is 4.89. The van der Waals surface area contributed by atoms with E-state index in [2.05, 4.69) is 11.7 Å². The van der Waals surface area contributed by atoms with Gasteiger partial charge in [0.15, 0.2) is 5.78 Å². The van der Waals surface area contributed by atoms with Crippen LogP contribution in [0.2, 0.25) is 0 Å². The van der Waals surface area contributed by atoms with Crippen LogP contribution in [-0.2, 0) is 10.3 Å². The van der Waals surface area contributed by atoms with E-state index < -0.39 is 16.9 Å². The Morgan fingerprint density at radius 2 is 1.92 bits per heavy atom. The first-order valence-electron chi connectivity index (χ1n) is 8.07. The van der Waals surface area contributed by atoms with Gasteiger partial charge in [0.2, 0.25) is 0 Å². The molecule has 24 heavy (non-hydrogen) atoms. The summed E-state index contributed by atoms with van der Waals surface area (Å²) in [6.07, 6.45) is 1.64. The summed E-state index contributed by atoms with van der Waals surface area (Å²) in [7, 11) is 0. The van der Waals surface area contributed by atoms with E-state index in [1.165, 1.54) is 4.68 Å². The summed E-state index contributed by atoms with van der Waals surface area (Å²) >= 11 is 0. The van der Waals surface area contributed by atoms with Crippen LogP contribution in [0.5, 0.6) is 0 Å². The third-order valence-electron chi connectivity index (χ3n) is 4.89. The topological polar surface area (TPSA) is 76.9 Å². The van der Waals surface area contributed by atoms with Crippen molar-refractivity contribution in [2.45, 2.75) is 38.6 Å². The summed E-state index contributed by atoms with van der Waals surface area (Å²) in [6.45, 7) is 7.69. The Balaban J connectivity index is 2.22. The van der Waals surface area contributed by atoms with Gasteiger partial charge >= 0.3 is 11.4 Å². The van der Waals surface area contributed by atoms with Gasteiger partial charge in [-0.05, 0) is 43.4 Å². The number of para-hydroxylation sites is 1. The molecule has 0 aliphatic heterocycles. The third kappa shape index (κ3) is 2.29. The number of aromatic amines is 1. The van der Waals surface area contributed by atoms with E-state index in [-0.39, 0.29) is 11.7 Å². The molecule has 0 amide bonds. The Morgan fingerprint density at radius 1 is 1.25 bits per heavy atom. The SMILES string of the molecule is C=C(C)C1(n2[nH]c(=O)n(-c3ccccc3)c2=O)CC[C@@H](C)CC1=O. The largest absolute Gasteiger partial charge is 0.352 e. The van der Waals surface area contributed by atoms with Crippen LogP contribution in [0.1, 0.15) is 33.1 Å². The van der Waals surface area contributed by atoms with Gasteiger partial charge in [-0.2, -0.15) is 0 Å². The van der Waals surface area contributed by atoms with Crippen LogP contribution in [0.15, 0.2) is 52.1 Å². The van der Waals surface area contributed by atoms with E-state index in [1.54, 1.807) is 37.3 Å². The number of H-pyrrole nitrogens is 1. The molecule has 1 unspecified atom stereocenters. The minimum absolute atomic E-state index is 0.0719. The van der Waals surface area contributed by atoms with Gasteiger partial charge < -0.3 is 0 Å². The van der Waals surface area contributed by atoms with Gasteiger partial charge in [-0.3, -0.25) is 4.79 Å². The molecule has 6 heteroatoms. The van der Waals surface area contributed by atoms with Crippen LogP contribution in [0.3, 0.4) is 0 Å². The maximum atomic E-state index is 12.9. The minimum Gasteiger partial charge on any atom is -0.297 e. The van der Waals surface area contributed by atoms with Crippen LogP contribution in [0.25, 0.3) is 5.69 Å². The first-order valence-corrected chi connectivity index (χ1v) is 8.07. The number of carbonyl (C=O) groups is 1. The first kappa shape index (κ1) is 16.2. The van der Waals surface area contributed by atoms with E-state index in [4.69, 9.17) is 0 Å². The number of aromatic nitrogens is 3. The van der Waals surface area contributed by atoms with Gasteiger partial charge in [-0.15, -0.1) is 0 Å². The zero-order valence-corrected chi connectivity index (χ0v) is 13.9. The molecule has 6 nitrogen and oxygen atoms in total. The van der Waals surface area contributed by atoms with Gasteiger partial charge in [-0.1, -0.05) is 31.7 Å². The molecule has 1 aromatic heterocycles. The Morgan fingerprint density at radius 3 is 2.50 bits per heavy atom. The fourth-order valence-electron chi connectivity index (χ4n) is 3.50. The van der Waals surface area contributed by atoms with Crippen molar-refractivity contribution in [1.29, 1.82) is 0 Å². The molecule has 0 saturated heterocycles. The van der Waals surface area contributed by atoms with Crippen molar-refractivity contribution in [3.63, 3.8) is 0 Å². The van der Waals surface area contributed by atoms with E-state index in [0.717, 1.165) is 11.0 Å². The summed E-state index contributed by atoms with van der Waals surface area (Å²) in [4.78, 5) is 38.1. The summed E-state index contributed by atoms with van der Waals surface area (Å²) in [5.41, 5.74) is -1.22. The second kappa shape index (κ2) is 5.78. The number of rotatable bonds is 3. The Kier molecular flexibility index (Phi) is 3.91. The summed E-state index contributed by atoms with van der Waals surface area (Å²) in [5, 5.41) is 2.58. The highest BCUT2D eigenvalue weighted by Crippen LogP contribution is 2.38. The molecule has 0 radical (unpaired) electrons. The average molecular weight is 327 g/mol. The molecule has 2 atom stereocenters. The molecular formula is C18H21N3O3. The summed E-state index contributed by atoms with van der Waals surface area (Å²) in [6, 6.07) is 8.67. The van der Waals surface area contributed by atoms with Gasteiger partial charge in [-0.25, -0.2) is 23.9 Å². The molecular weight excluding hydrogens is 306 g/mol. The molecule has 2 aromatic rings. The Bertz CT molecular complexity index is 904. The molecule has 1 aromatic carbocycles. The van der Waals surface area contributed by atoms with E-state index >= 15 is 0 Å². The van der Waals surface area contributed by atoms with Crippen LogP contribution in [0.4, 0.5) is 0 Å². The van der Waals surface area contributed by atoms with Gasteiger partial charge in [0.1, 0.15) is 5.54 Å². The van der Waals surface area contributed by atoms with Crippen molar-refractivity contribution in [1.82, 2.24) is 14.3 Å². The number of carbonyl (C=O) groups excluding carboxylic acids is 1. The van der Waals surface area contributed by atoms with Crippen LogP contribution in [0, 0.1) is 5.92 Å². The average Bonchev–Trinajstić information content (AvgIpc) is 2.83. The van der Waals surface area contributed by atoms with Gasteiger partial charge in [0.25, 0.3) is 0 Å². The molecule has 1 N–H and O–H groups in total. The molecule has 0 bridgehead atoms. The fraction of sp³-hybridized carbons (Fsp3) is 0.389. The molecule has 0 spiro atoms. The normalized spacial score (nSPS) is 24.1. The maximum Gasteiger partial charge on any atom is 0.352 e. The number of allylic oxidation sites excluding steroid dienone is 1. The van der Waals surface area contributed by atoms with Crippen molar-refractivity contribution in [3.05, 3.63) is 63.5 Å². The lowest BCUT2D eigenvalue weighted by Crippen LogP contribution is -2.51. The van der Waals surface area contributed by atoms with Crippen LogP contribution in [-0.4, -0.2) is 20.1 Å². The number of hydrogen-bond acceptors (Lipinski definition) is 3. The fourth-order valence-corrected chi connectivity index (χ4v) is 3.50. The number of nitrogens with one attached hydrogen (secondary N) is 1. The van der Waals surface area contributed by atoms with Crippen LogP contribution >= 0.6 is 0 Å². The highest BCUT2D eigenvalue weighted by molar-refractivity contribution is 5.90. The molecule has 3 rings (SSSR count). The number of ketones is 1. The second-order valence-corrected chi connectivity index (χ2v) is 6.62. The molecule has 126 valence electrons. The summed E-state index contributed by atoms with van der Waals surface area (Å²) < 4.78 is 2.23. The summed E-state index contributed by atoms with van der Waals surface area (Å²) in [5.74, 6) is 0.195. The smallest absolute Gasteiger partial charge is 0.297 e. The van der Waals surface area contributed by atoms with E-state index in [0.29, 0.717) is 24.1 Å².